The van der Waals surface area contributed by atoms with E-state index in [1.54, 1.807) is 11.8 Å². The molecule has 4 nitrogen and oxygen atoms in total. The third-order valence-electron chi connectivity index (χ3n) is 1.91. The first kappa shape index (κ1) is 11.9. The second kappa shape index (κ2) is 6.46. The Morgan fingerprint density at radius 1 is 1.31 bits per heavy atom. The highest BCUT2D eigenvalue weighted by Crippen LogP contribution is 1.98. The van der Waals surface area contributed by atoms with Gasteiger partial charge in [0.2, 0.25) is 11.8 Å². The summed E-state index contributed by atoms with van der Waals surface area (Å²) in [6.07, 6.45) is 1.81. The smallest absolute Gasteiger partial charge is 0.238 e. The minimum absolute atomic E-state index is 0.0692. The van der Waals surface area contributed by atoms with Crippen molar-refractivity contribution in [3.63, 3.8) is 0 Å². The number of nitrogens with zero attached hydrogens (tertiary/aromatic N) is 1. The Morgan fingerprint density at radius 3 is 2.31 bits per heavy atom. The molecule has 0 aliphatic heterocycles. The van der Waals surface area contributed by atoms with Gasteiger partial charge in [0.25, 0.3) is 0 Å². The number of unbranched alkanes of at least 4 members (excludes halogenated alkanes) is 1. The van der Waals surface area contributed by atoms with Crippen LogP contribution in [0.3, 0.4) is 0 Å². The van der Waals surface area contributed by atoms with Gasteiger partial charge < -0.3 is 4.90 Å². The quantitative estimate of drug-likeness (QED) is 0.575. The molecule has 0 bridgehead atoms. The van der Waals surface area contributed by atoms with Crippen LogP contribution in [0.25, 0.3) is 0 Å². The molecule has 1 N–H and O–H groups in total. The van der Waals surface area contributed by atoms with Crippen LogP contribution in [0.15, 0.2) is 0 Å². The summed E-state index contributed by atoms with van der Waals surface area (Å²) in [5.41, 5.74) is 6.67. The van der Waals surface area contributed by atoms with Crippen molar-refractivity contribution >= 4 is 11.8 Å². The normalized spacial score (nSPS) is 9.69. The van der Waals surface area contributed by atoms with E-state index in [9.17, 15) is 9.59 Å². The molecule has 0 aliphatic rings. The number of carbonyl (C=O) groups excluding carboxylic acids is 2. The third-order valence-corrected chi connectivity index (χ3v) is 1.91. The molecule has 0 aromatic heterocycles. The summed E-state index contributed by atoms with van der Waals surface area (Å²) in [5.74, 6) is -0.453. The summed E-state index contributed by atoms with van der Waals surface area (Å²) >= 11 is 0. The molecular formula is C9H17N2O2. The predicted molar refractivity (Wildman–Crippen MR) is 49.9 cm³/mol. The first-order chi connectivity index (χ1) is 6.07. The lowest BCUT2D eigenvalue weighted by Gasteiger charge is -2.18. The standard InChI is InChI=1S/C9H17N2O2/c1-3-11(8(2)12)7-5-4-6-9(10)13/h10H,3-7H2,1-2H3. The molecule has 0 rings (SSSR count). The molecular weight excluding hydrogens is 168 g/mol. The molecule has 0 saturated heterocycles. The number of hydrogen-bond donors (Lipinski definition) is 0. The lowest BCUT2D eigenvalue weighted by Crippen LogP contribution is -2.29. The van der Waals surface area contributed by atoms with Crippen LogP contribution in [-0.2, 0) is 9.59 Å². The van der Waals surface area contributed by atoms with Crippen molar-refractivity contribution in [2.24, 2.45) is 0 Å². The number of nitrogens with one attached hydrogen (secondary N) is 1. The fraction of sp³-hybridized carbons (Fsp3) is 0.778. The van der Waals surface area contributed by atoms with Crippen molar-refractivity contribution in [1.29, 1.82) is 0 Å². The van der Waals surface area contributed by atoms with Gasteiger partial charge in [-0.3, -0.25) is 15.3 Å². The monoisotopic (exact) mass is 185 g/mol. The fourth-order valence-corrected chi connectivity index (χ4v) is 1.13. The third kappa shape index (κ3) is 6.13. The van der Waals surface area contributed by atoms with Gasteiger partial charge in [-0.2, -0.15) is 0 Å². The second-order valence-electron chi connectivity index (χ2n) is 2.98. The van der Waals surface area contributed by atoms with Gasteiger partial charge in [0, 0.05) is 26.4 Å². The zero-order chi connectivity index (χ0) is 10.3. The molecule has 0 spiro atoms. The van der Waals surface area contributed by atoms with Gasteiger partial charge in [0.15, 0.2) is 0 Å². The zero-order valence-corrected chi connectivity index (χ0v) is 8.30. The number of rotatable bonds is 6. The molecule has 0 unspecified atom stereocenters. The predicted octanol–water partition coefficient (Wildman–Crippen LogP) is 0.835. The molecule has 2 amide bonds. The molecule has 0 aromatic carbocycles. The minimum Gasteiger partial charge on any atom is -0.343 e. The number of amides is 2. The Hall–Kier alpha value is -1.06. The van der Waals surface area contributed by atoms with Gasteiger partial charge in [0.1, 0.15) is 0 Å². The van der Waals surface area contributed by atoms with E-state index in [2.05, 4.69) is 0 Å². The first-order valence-corrected chi connectivity index (χ1v) is 4.57. The van der Waals surface area contributed by atoms with Crippen LogP contribution in [0.2, 0.25) is 0 Å². The fourth-order valence-electron chi connectivity index (χ4n) is 1.13. The Morgan fingerprint density at radius 2 is 1.92 bits per heavy atom. The van der Waals surface area contributed by atoms with Gasteiger partial charge in [-0.1, -0.05) is 0 Å². The molecule has 0 heterocycles. The maximum atomic E-state index is 10.9. The van der Waals surface area contributed by atoms with Crippen LogP contribution in [-0.4, -0.2) is 29.8 Å². The summed E-state index contributed by atoms with van der Waals surface area (Å²) < 4.78 is 0. The first-order valence-electron chi connectivity index (χ1n) is 4.57. The maximum Gasteiger partial charge on any atom is 0.238 e. The lowest BCUT2D eigenvalue weighted by atomic mass is 10.2. The summed E-state index contributed by atoms with van der Waals surface area (Å²) in [5, 5.41) is 0. The van der Waals surface area contributed by atoms with Crippen molar-refractivity contribution in [2.75, 3.05) is 13.1 Å². The number of carbonyl (C=O) groups is 2. The van der Waals surface area contributed by atoms with Gasteiger partial charge in [0.05, 0.1) is 0 Å². The van der Waals surface area contributed by atoms with Gasteiger partial charge in [-0.15, -0.1) is 0 Å². The topological polar surface area (TPSA) is 61.2 Å². The molecule has 0 fully saturated rings. The highest BCUT2D eigenvalue weighted by atomic mass is 16.2. The van der Waals surface area contributed by atoms with E-state index in [0.29, 0.717) is 25.9 Å². The van der Waals surface area contributed by atoms with Crippen LogP contribution in [0.1, 0.15) is 33.1 Å². The van der Waals surface area contributed by atoms with Crippen molar-refractivity contribution in [2.45, 2.75) is 33.1 Å². The van der Waals surface area contributed by atoms with E-state index in [4.69, 9.17) is 5.73 Å². The summed E-state index contributed by atoms with van der Waals surface area (Å²) in [7, 11) is 0. The van der Waals surface area contributed by atoms with E-state index in [-0.39, 0.29) is 5.91 Å². The van der Waals surface area contributed by atoms with Crippen LogP contribution in [0.5, 0.6) is 0 Å². The SMILES string of the molecule is CCN(CCCCC([NH])=O)C(C)=O. The van der Waals surface area contributed by atoms with Crippen molar-refractivity contribution in [3.8, 4) is 0 Å². The Balaban J connectivity index is 3.50. The second-order valence-corrected chi connectivity index (χ2v) is 2.98. The van der Waals surface area contributed by atoms with Gasteiger partial charge in [-0.25, -0.2) is 0 Å². The molecule has 0 aliphatic carbocycles. The Kier molecular flexibility index (Phi) is 5.93. The Labute approximate surface area is 79.1 Å². The average molecular weight is 185 g/mol. The van der Waals surface area contributed by atoms with Crippen LogP contribution >= 0.6 is 0 Å². The minimum atomic E-state index is -0.522. The molecule has 0 aromatic rings. The zero-order valence-electron chi connectivity index (χ0n) is 8.30. The molecule has 13 heavy (non-hydrogen) atoms. The van der Waals surface area contributed by atoms with Crippen LogP contribution < -0.4 is 5.73 Å². The highest BCUT2D eigenvalue weighted by molar-refractivity contribution is 5.73. The van der Waals surface area contributed by atoms with Crippen molar-refractivity contribution in [3.05, 3.63) is 0 Å². The van der Waals surface area contributed by atoms with Crippen molar-refractivity contribution < 1.29 is 9.59 Å². The highest BCUT2D eigenvalue weighted by Gasteiger charge is 2.04. The van der Waals surface area contributed by atoms with Gasteiger partial charge >= 0.3 is 0 Å². The molecule has 0 saturated carbocycles. The van der Waals surface area contributed by atoms with Crippen LogP contribution in [0, 0.1) is 0 Å². The van der Waals surface area contributed by atoms with Crippen molar-refractivity contribution in [1.82, 2.24) is 10.6 Å². The van der Waals surface area contributed by atoms with E-state index in [1.165, 1.54) is 0 Å². The van der Waals surface area contributed by atoms with E-state index < -0.39 is 5.91 Å². The molecule has 4 heteroatoms. The molecule has 1 radical (unpaired) electrons. The summed E-state index contributed by atoms with van der Waals surface area (Å²) in [6.45, 7) is 4.87. The van der Waals surface area contributed by atoms with E-state index in [1.807, 2.05) is 6.92 Å². The Bertz CT molecular complexity index is 180. The molecule has 0 atom stereocenters. The maximum absolute atomic E-state index is 10.9. The summed E-state index contributed by atoms with van der Waals surface area (Å²) in [4.78, 5) is 22.9. The van der Waals surface area contributed by atoms with Gasteiger partial charge in [-0.05, 0) is 19.8 Å². The average Bonchev–Trinajstić information content (AvgIpc) is 2.03. The van der Waals surface area contributed by atoms with Crippen LogP contribution in [0.4, 0.5) is 0 Å². The lowest BCUT2D eigenvalue weighted by molar-refractivity contribution is -0.128. The number of hydrogen-bond acceptors (Lipinski definition) is 2. The van der Waals surface area contributed by atoms with E-state index >= 15 is 0 Å². The van der Waals surface area contributed by atoms with E-state index in [0.717, 1.165) is 6.42 Å². The molecule has 75 valence electrons. The largest absolute Gasteiger partial charge is 0.343 e. The summed E-state index contributed by atoms with van der Waals surface area (Å²) in [6, 6.07) is 0.